The van der Waals surface area contributed by atoms with Crippen LogP contribution < -0.4 is 0 Å². The molecule has 1 N–H and O–H groups in total. The van der Waals surface area contributed by atoms with E-state index in [1.54, 1.807) is 18.3 Å². The highest BCUT2D eigenvalue weighted by atomic mass is 19.1. The van der Waals surface area contributed by atoms with Gasteiger partial charge in [0.05, 0.1) is 19.3 Å². The molecule has 3 rings (SSSR count). The fraction of sp³-hybridized carbons (Fsp3) is 0.438. The molecule has 1 aliphatic rings. The van der Waals surface area contributed by atoms with Gasteiger partial charge in [-0.05, 0) is 43.7 Å². The lowest BCUT2D eigenvalue weighted by atomic mass is 10.0. The Hall–Kier alpha value is -1.72. The van der Waals surface area contributed by atoms with Gasteiger partial charge in [-0.15, -0.1) is 0 Å². The summed E-state index contributed by atoms with van der Waals surface area (Å²) in [5.74, 6) is 1.01. The third kappa shape index (κ3) is 3.31. The zero-order chi connectivity index (χ0) is 14.7. The lowest BCUT2D eigenvalue weighted by Gasteiger charge is -2.33. The fourth-order valence-electron chi connectivity index (χ4n) is 2.78. The molecule has 0 aliphatic carbocycles. The van der Waals surface area contributed by atoms with Gasteiger partial charge >= 0.3 is 0 Å². The molecular weight excluding hydrogens is 271 g/mol. The van der Waals surface area contributed by atoms with Crippen LogP contribution in [0, 0.1) is 5.82 Å². The molecule has 1 fully saturated rings. The van der Waals surface area contributed by atoms with Gasteiger partial charge in [0.25, 0.3) is 0 Å². The second-order valence-electron chi connectivity index (χ2n) is 5.43. The number of oxazole rings is 1. The van der Waals surface area contributed by atoms with Crippen molar-refractivity contribution in [3.8, 4) is 11.3 Å². The Morgan fingerprint density at radius 2 is 2.10 bits per heavy atom. The molecule has 4 nitrogen and oxygen atoms in total. The van der Waals surface area contributed by atoms with E-state index in [4.69, 9.17) is 4.42 Å². The van der Waals surface area contributed by atoms with Gasteiger partial charge in [0.15, 0.2) is 5.76 Å². The van der Waals surface area contributed by atoms with Gasteiger partial charge in [-0.3, -0.25) is 4.90 Å². The van der Waals surface area contributed by atoms with E-state index in [1.807, 2.05) is 0 Å². The molecule has 1 unspecified atom stereocenters. The molecule has 0 spiro atoms. The van der Waals surface area contributed by atoms with Gasteiger partial charge < -0.3 is 9.52 Å². The number of aliphatic hydroxyl groups excluding tert-OH is 1. The molecule has 2 aromatic rings. The number of hydrogen-bond donors (Lipinski definition) is 1. The Morgan fingerprint density at radius 1 is 1.29 bits per heavy atom. The van der Waals surface area contributed by atoms with E-state index in [2.05, 4.69) is 9.88 Å². The molecule has 1 aliphatic heterocycles. The van der Waals surface area contributed by atoms with Gasteiger partial charge in [-0.1, -0.05) is 6.42 Å². The number of piperidine rings is 1. The van der Waals surface area contributed by atoms with E-state index in [-0.39, 0.29) is 18.5 Å². The third-order valence-corrected chi connectivity index (χ3v) is 3.98. The predicted octanol–water partition coefficient (Wildman–Crippen LogP) is 2.83. The molecule has 0 bridgehead atoms. The smallest absolute Gasteiger partial charge is 0.209 e. The largest absolute Gasteiger partial charge is 0.439 e. The Morgan fingerprint density at radius 3 is 2.86 bits per heavy atom. The number of halogens is 1. The average Bonchev–Trinajstić information content (AvgIpc) is 2.97. The maximum Gasteiger partial charge on any atom is 0.209 e. The third-order valence-electron chi connectivity index (χ3n) is 3.98. The molecule has 2 heterocycles. The van der Waals surface area contributed by atoms with Crippen LogP contribution in [0.3, 0.4) is 0 Å². The maximum atomic E-state index is 12.9. The monoisotopic (exact) mass is 290 g/mol. The van der Waals surface area contributed by atoms with Crippen LogP contribution in [0.2, 0.25) is 0 Å². The van der Waals surface area contributed by atoms with Gasteiger partial charge in [0.1, 0.15) is 5.82 Å². The van der Waals surface area contributed by atoms with Crippen molar-refractivity contribution < 1.29 is 13.9 Å². The molecule has 21 heavy (non-hydrogen) atoms. The van der Waals surface area contributed by atoms with Gasteiger partial charge in [-0.2, -0.15) is 0 Å². The van der Waals surface area contributed by atoms with Crippen molar-refractivity contribution in [1.82, 2.24) is 9.88 Å². The molecule has 112 valence electrons. The minimum Gasteiger partial charge on any atom is -0.439 e. The number of benzene rings is 1. The van der Waals surface area contributed by atoms with E-state index in [0.717, 1.165) is 31.4 Å². The van der Waals surface area contributed by atoms with Crippen LogP contribution in [-0.4, -0.2) is 34.2 Å². The van der Waals surface area contributed by atoms with Crippen molar-refractivity contribution in [1.29, 1.82) is 0 Å². The highest BCUT2D eigenvalue weighted by molar-refractivity contribution is 5.55. The summed E-state index contributed by atoms with van der Waals surface area (Å²) in [5, 5.41) is 9.42. The van der Waals surface area contributed by atoms with Crippen LogP contribution in [0.15, 0.2) is 34.9 Å². The van der Waals surface area contributed by atoms with E-state index in [1.165, 1.54) is 12.1 Å². The molecule has 0 radical (unpaired) electrons. The van der Waals surface area contributed by atoms with E-state index in [9.17, 15) is 9.50 Å². The first-order valence-electron chi connectivity index (χ1n) is 7.32. The van der Waals surface area contributed by atoms with Gasteiger partial charge in [0, 0.05) is 11.6 Å². The Labute approximate surface area is 123 Å². The molecular formula is C16H19FN2O2. The summed E-state index contributed by atoms with van der Waals surface area (Å²) in [7, 11) is 0. The van der Waals surface area contributed by atoms with Crippen LogP contribution in [-0.2, 0) is 6.54 Å². The number of rotatable bonds is 4. The van der Waals surface area contributed by atoms with Crippen molar-refractivity contribution in [3.05, 3.63) is 42.2 Å². The van der Waals surface area contributed by atoms with Crippen molar-refractivity contribution in [3.63, 3.8) is 0 Å². The van der Waals surface area contributed by atoms with Gasteiger partial charge in [0.2, 0.25) is 5.89 Å². The first-order valence-corrected chi connectivity index (χ1v) is 7.32. The second kappa shape index (κ2) is 6.37. The number of likely N-dealkylation sites (tertiary alicyclic amines) is 1. The zero-order valence-corrected chi connectivity index (χ0v) is 11.8. The van der Waals surface area contributed by atoms with Crippen LogP contribution in [0.4, 0.5) is 4.39 Å². The Bertz CT molecular complexity index is 582. The molecule has 1 atom stereocenters. The number of nitrogens with zero attached hydrogens (tertiary/aromatic N) is 2. The molecule has 5 heteroatoms. The summed E-state index contributed by atoms with van der Waals surface area (Å²) in [6.45, 7) is 1.73. The summed E-state index contributed by atoms with van der Waals surface area (Å²) in [4.78, 5) is 6.51. The highest BCUT2D eigenvalue weighted by Gasteiger charge is 2.23. The minimum atomic E-state index is -0.266. The van der Waals surface area contributed by atoms with Crippen LogP contribution in [0.25, 0.3) is 11.3 Å². The zero-order valence-electron chi connectivity index (χ0n) is 11.8. The van der Waals surface area contributed by atoms with Crippen LogP contribution >= 0.6 is 0 Å². The summed E-state index contributed by atoms with van der Waals surface area (Å²) in [5.41, 5.74) is 0.813. The molecule has 0 saturated carbocycles. The lowest BCUT2D eigenvalue weighted by Crippen LogP contribution is -2.41. The quantitative estimate of drug-likeness (QED) is 0.940. The molecule has 1 aromatic heterocycles. The average molecular weight is 290 g/mol. The van der Waals surface area contributed by atoms with Crippen molar-refractivity contribution in [2.75, 3.05) is 13.2 Å². The topological polar surface area (TPSA) is 49.5 Å². The van der Waals surface area contributed by atoms with Crippen molar-refractivity contribution >= 4 is 0 Å². The fourth-order valence-corrected chi connectivity index (χ4v) is 2.78. The Kier molecular flexibility index (Phi) is 4.31. The molecule has 1 saturated heterocycles. The van der Waals surface area contributed by atoms with Crippen molar-refractivity contribution in [2.24, 2.45) is 0 Å². The van der Waals surface area contributed by atoms with Crippen LogP contribution in [0.5, 0.6) is 0 Å². The highest BCUT2D eigenvalue weighted by Crippen LogP contribution is 2.23. The second-order valence-corrected chi connectivity index (χ2v) is 5.43. The number of hydrogen-bond acceptors (Lipinski definition) is 4. The minimum absolute atomic E-state index is 0.172. The summed E-state index contributed by atoms with van der Waals surface area (Å²) >= 11 is 0. The maximum absolute atomic E-state index is 12.9. The SMILES string of the molecule is OCC1CCCCN1Cc1ncc(-c2ccc(F)cc2)o1. The number of aromatic nitrogens is 1. The van der Waals surface area contributed by atoms with Crippen molar-refractivity contribution in [2.45, 2.75) is 31.8 Å². The Balaban J connectivity index is 1.71. The first kappa shape index (κ1) is 14.2. The predicted molar refractivity (Wildman–Crippen MR) is 77.0 cm³/mol. The lowest BCUT2D eigenvalue weighted by molar-refractivity contribution is 0.0770. The van der Waals surface area contributed by atoms with E-state index in [0.29, 0.717) is 18.2 Å². The summed E-state index contributed by atoms with van der Waals surface area (Å²) in [6, 6.07) is 6.36. The van der Waals surface area contributed by atoms with Crippen LogP contribution in [0.1, 0.15) is 25.2 Å². The van der Waals surface area contributed by atoms with E-state index >= 15 is 0 Å². The van der Waals surface area contributed by atoms with E-state index < -0.39 is 0 Å². The summed E-state index contributed by atoms with van der Waals surface area (Å²) < 4.78 is 18.7. The normalized spacial score (nSPS) is 19.8. The van der Waals surface area contributed by atoms with Gasteiger partial charge in [-0.25, -0.2) is 9.37 Å². The summed E-state index contributed by atoms with van der Waals surface area (Å²) in [6.07, 6.45) is 4.98. The molecule has 0 amide bonds. The number of aliphatic hydroxyl groups is 1. The standard InChI is InChI=1S/C16H19FN2O2/c17-13-6-4-12(5-7-13)15-9-18-16(21-15)10-19-8-2-1-3-14(19)11-20/h4-7,9,14,20H,1-3,8,10-11H2. The molecule has 1 aromatic carbocycles. The first-order chi connectivity index (χ1) is 10.3.